The summed E-state index contributed by atoms with van der Waals surface area (Å²) >= 11 is 0. The molecule has 2 atom stereocenters. The summed E-state index contributed by atoms with van der Waals surface area (Å²) in [6.07, 6.45) is 4.54. The Balaban J connectivity index is 1.94. The molecule has 1 aromatic rings. The van der Waals surface area contributed by atoms with Crippen molar-refractivity contribution in [3.8, 4) is 0 Å². The Morgan fingerprint density at radius 2 is 2.24 bits per heavy atom. The van der Waals surface area contributed by atoms with Crippen LogP contribution in [0, 0.1) is 5.92 Å². The Morgan fingerprint density at radius 1 is 1.41 bits per heavy atom. The van der Waals surface area contributed by atoms with Gasteiger partial charge in [-0.3, -0.25) is 4.79 Å². The van der Waals surface area contributed by atoms with E-state index in [1.54, 1.807) is 12.1 Å². The van der Waals surface area contributed by atoms with E-state index < -0.39 is 0 Å². The molecular formula is C12H18N4O. The van der Waals surface area contributed by atoms with Gasteiger partial charge >= 0.3 is 0 Å². The number of carbonyl (C=O) groups excluding carboxylic acids is 1. The summed E-state index contributed by atoms with van der Waals surface area (Å²) in [6.45, 7) is 2.22. The molecular weight excluding hydrogens is 216 g/mol. The maximum absolute atomic E-state index is 11.9. The van der Waals surface area contributed by atoms with E-state index in [-0.39, 0.29) is 11.9 Å². The Labute approximate surface area is 101 Å². The molecule has 1 amide bonds. The number of anilines is 1. The van der Waals surface area contributed by atoms with Crippen molar-refractivity contribution in [3.63, 3.8) is 0 Å². The monoisotopic (exact) mass is 234 g/mol. The van der Waals surface area contributed by atoms with Gasteiger partial charge in [-0.1, -0.05) is 19.8 Å². The number of carbonyl (C=O) groups is 1. The van der Waals surface area contributed by atoms with Gasteiger partial charge in [0, 0.05) is 6.04 Å². The Bertz CT molecular complexity index is 390. The third-order valence-electron chi connectivity index (χ3n) is 3.19. The summed E-state index contributed by atoms with van der Waals surface area (Å²) in [6, 6.07) is 3.46. The van der Waals surface area contributed by atoms with Crippen LogP contribution in [0.3, 0.4) is 0 Å². The zero-order valence-corrected chi connectivity index (χ0v) is 10.0. The van der Waals surface area contributed by atoms with Gasteiger partial charge in [-0.2, -0.15) is 0 Å². The molecule has 3 N–H and O–H groups in total. The molecule has 5 nitrogen and oxygen atoms in total. The zero-order valence-electron chi connectivity index (χ0n) is 10.0. The van der Waals surface area contributed by atoms with Crippen molar-refractivity contribution in [1.29, 1.82) is 0 Å². The maximum Gasteiger partial charge on any atom is 0.272 e. The fourth-order valence-electron chi connectivity index (χ4n) is 2.29. The van der Waals surface area contributed by atoms with Gasteiger partial charge in [0.25, 0.3) is 5.91 Å². The minimum absolute atomic E-state index is 0.156. The molecule has 0 radical (unpaired) electrons. The summed E-state index contributed by atoms with van der Waals surface area (Å²) < 4.78 is 0. The lowest BCUT2D eigenvalue weighted by Crippen LogP contribution is -2.38. The summed E-state index contributed by atoms with van der Waals surface area (Å²) in [5.41, 5.74) is 5.75. The fourth-order valence-corrected chi connectivity index (χ4v) is 2.29. The van der Waals surface area contributed by atoms with Crippen molar-refractivity contribution in [2.45, 2.75) is 38.6 Å². The Hall–Kier alpha value is -1.65. The molecule has 1 aliphatic carbocycles. The van der Waals surface area contributed by atoms with Crippen molar-refractivity contribution in [1.82, 2.24) is 15.5 Å². The number of aromatic nitrogens is 2. The zero-order chi connectivity index (χ0) is 12.3. The van der Waals surface area contributed by atoms with E-state index in [1.807, 2.05) is 0 Å². The van der Waals surface area contributed by atoms with Crippen LogP contribution >= 0.6 is 0 Å². The fraction of sp³-hybridized carbons (Fsp3) is 0.583. The number of nitrogens with zero attached hydrogens (tertiary/aromatic N) is 2. The number of hydrogen-bond donors (Lipinski definition) is 2. The van der Waals surface area contributed by atoms with Crippen LogP contribution in [0.2, 0.25) is 0 Å². The molecule has 0 spiro atoms. The minimum atomic E-state index is -0.156. The van der Waals surface area contributed by atoms with Crippen LogP contribution < -0.4 is 11.1 Å². The van der Waals surface area contributed by atoms with Gasteiger partial charge in [-0.05, 0) is 30.9 Å². The van der Waals surface area contributed by atoms with Crippen molar-refractivity contribution in [2.75, 3.05) is 5.73 Å². The summed E-state index contributed by atoms with van der Waals surface area (Å²) in [5.74, 6) is 0.857. The van der Waals surface area contributed by atoms with Gasteiger partial charge in [0.15, 0.2) is 5.69 Å². The molecule has 1 aliphatic rings. The van der Waals surface area contributed by atoms with E-state index in [4.69, 9.17) is 5.73 Å². The first kappa shape index (κ1) is 11.8. The second kappa shape index (κ2) is 5.12. The molecule has 1 saturated carbocycles. The van der Waals surface area contributed by atoms with Crippen LogP contribution in [-0.4, -0.2) is 22.1 Å². The second-order valence-corrected chi connectivity index (χ2v) is 4.79. The average Bonchev–Trinajstić information content (AvgIpc) is 2.29. The normalized spacial score (nSPS) is 24.3. The first-order valence-corrected chi connectivity index (χ1v) is 6.05. The lowest BCUT2D eigenvalue weighted by Gasteiger charge is -2.27. The third-order valence-corrected chi connectivity index (χ3v) is 3.19. The molecule has 0 aromatic carbocycles. The second-order valence-electron chi connectivity index (χ2n) is 4.79. The van der Waals surface area contributed by atoms with Gasteiger partial charge < -0.3 is 11.1 Å². The Morgan fingerprint density at radius 3 is 2.88 bits per heavy atom. The molecule has 2 rings (SSSR count). The summed E-state index contributed by atoms with van der Waals surface area (Å²) in [4.78, 5) is 11.9. The number of rotatable bonds is 2. The largest absolute Gasteiger partial charge is 0.382 e. The van der Waals surface area contributed by atoms with Gasteiger partial charge in [-0.15, -0.1) is 10.2 Å². The molecule has 0 bridgehead atoms. The number of nitrogens with one attached hydrogen (secondary N) is 1. The number of hydrogen-bond acceptors (Lipinski definition) is 4. The van der Waals surface area contributed by atoms with E-state index in [0.29, 0.717) is 17.4 Å². The average molecular weight is 234 g/mol. The highest BCUT2D eigenvalue weighted by Crippen LogP contribution is 2.23. The molecule has 92 valence electrons. The lowest BCUT2D eigenvalue weighted by molar-refractivity contribution is 0.0915. The topological polar surface area (TPSA) is 80.9 Å². The highest BCUT2D eigenvalue weighted by Gasteiger charge is 2.21. The van der Waals surface area contributed by atoms with Gasteiger partial charge in [0.2, 0.25) is 0 Å². The molecule has 1 fully saturated rings. The Kier molecular flexibility index (Phi) is 3.56. The van der Waals surface area contributed by atoms with E-state index in [1.165, 1.54) is 12.8 Å². The van der Waals surface area contributed by atoms with E-state index >= 15 is 0 Å². The molecule has 2 unspecified atom stereocenters. The maximum atomic E-state index is 11.9. The lowest BCUT2D eigenvalue weighted by atomic mass is 9.87. The van der Waals surface area contributed by atoms with Crippen LogP contribution in [0.4, 0.5) is 5.82 Å². The van der Waals surface area contributed by atoms with Crippen LogP contribution in [0.1, 0.15) is 43.1 Å². The highest BCUT2D eigenvalue weighted by molar-refractivity contribution is 5.92. The van der Waals surface area contributed by atoms with E-state index in [2.05, 4.69) is 22.4 Å². The number of nitrogen functional groups attached to an aromatic ring is 1. The van der Waals surface area contributed by atoms with Crippen molar-refractivity contribution >= 4 is 11.7 Å². The van der Waals surface area contributed by atoms with Crippen molar-refractivity contribution in [2.24, 2.45) is 5.92 Å². The molecule has 1 aromatic heterocycles. The van der Waals surface area contributed by atoms with Crippen LogP contribution in [0.5, 0.6) is 0 Å². The molecule has 17 heavy (non-hydrogen) atoms. The summed E-state index contributed by atoms with van der Waals surface area (Å²) in [7, 11) is 0. The quantitative estimate of drug-likeness (QED) is 0.809. The SMILES string of the molecule is CC1CCCC(NC(=O)c2ccc(N)nn2)C1. The molecule has 1 heterocycles. The highest BCUT2D eigenvalue weighted by atomic mass is 16.2. The first-order chi connectivity index (χ1) is 8.15. The molecule has 0 aliphatic heterocycles. The minimum Gasteiger partial charge on any atom is -0.382 e. The first-order valence-electron chi connectivity index (χ1n) is 6.05. The smallest absolute Gasteiger partial charge is 0.272 e. The van der Waals surface area contributed by atoms with Gasteiger partial charge in [0.1, 0.15) is 5.82 Å². The predicted octanol–water partition coefficient (Wildman–Crippen LogP) is 1.37. The van der Waals surface area contributed by atoms with Crippen LogP contribution in [0.15, 0.2) is 12.1 Å². The van der Waals surface area contributed by atoms with Gasteiger partial charge in [-0.25, -0.2) is 0 Å². The van der Waals surface area contributed by atoms with Crippen LogP contribution in [0.25, 0.3) is 0 Å². The van der Waals surface area contributed by atoms with Crippen molar-refractivity contribution in [3.05, 3.63) is 17.8 Å². The van der Waals surface area contributed by atoms with Crippen LogP contribution in [-0.2, 0) is 0 Å². The van der Waals surface area contributed by atoms with E-state index in [9.17, 15) is 4.79 Å². The third kappa shape index (κ3) is 3.15. The summed E-state index contributed by atoms with van der Waals surface area (Å²) in [5, 5.41) is 10.5. The number of nitrogens with two attached hydrogens (primary N) is 1. The van der Waals surface area contributed by atoms with Gasteiger partial charge in [0.05, 0.1) is 0 Å². The van der Waals surface area contributed by atoms with Crippen molar-refractivity contribution < 1.29 is 4.79 Å². The molecule has 5 heteroatoms. The standard InChI is InChI=1S/C12H18N4O/c1-8-3-2-4-9(7-8)14-12(17)10-5-6-11(13)16-15-10/h5-6,8-9H,2-4,7H2,1H3,(H2,13,16)(H,14,17). The number of amides is 1. The predicted molar refractivity (Wildman–Crippen MR) is 65.3 cm³/mol. The molecule has 0 saturated heterocycles. The van der Waals surface area contributed by atoms with E-state index in [0.717, 1.165) is 12.8 Å².